The minimum Gasteiger partial charge on any atom is -0.341 e. The standard InChI is InChI=1S/C15H26N2O/c1-2-15(8-3-4-9-15)11-17-10-7-13(14(17)18)16-12-5-6-12/h12-13,16H,2-11H2,1H3. The van der Waals surface area contributed by atoms with Crippen LogP contribution in [0.2, 0.25) is 0 Å². The first-order valence-electron chi connectivity index (χ1n) is 7.77. The molecule has 1 heterocycles. The van der Waals surface area contributed by atoms with Gasteiger partial charge in [-0.25, -0.2) is 0 Å². The van der Waals surface area contributed by atoms with Crippen molar-refractivity contribution >= 4 is 5.91 Å². The van der Waals surface area contributed by atoms with Gasteiger partial charge in [0.2, 0.25) is 5.91 Å². The van der Waals surface area contributed by atoms with Crippen LogP contribution in [0.25, 0.3) is 0 Å². The number of nitrogens with one attached hydrogen (secondary N) is 1. The SMILES string of the molecule is CCC1(CN2CCC(NC3CC3)C2=O)CCCC1. The molecule has 3 aliphatic rings. The Morgan fingerprint density at radius 3 is 2.61 bits per heavy atom. The lowest BCUT2D eigenvalue weighted by atomic mass is 9.83. The summed E-state index contributed by atoms with van der Waals surface area (Å²) < 4.78 is 0. The average molecular weight is 250 g/mol. The number of hydrogen-bond donors (Lipinski definition) is 1. The Balaban J connectivity index is 1.57. The van der Waals surface area contributed by atoms with Crippen LogP contribution in [0, 0.1) is 5.41 Å². The third-order valence-corrected chi connectivity index (χ3v) is 5.25. The predicted octanol–water partition coefficient (Wildman–Crippen LogP) is 2.31. The monoisotopic (exact) mass is 250 g/mol. The Morgan fingerprint density at radius 1 is 1.28 bits per heavy atom. The van der Waals surface area contributed by atoms with Gasteiger partial charge in [0.1, 0.15) is 0 Å². The second-order valence-corrected chi connectivity index (χ2v) is 6.60. The maximum Gasteiger partial charge on any atom is 0.239 e. The molecule has 1 unspecified atom stereocenters. The van der Waals surface area contributed by atoms with E-state index >= 15 is 0 Å². The van der Waals surface area contributed by atoms with Crippen molar-refractivity contribution < 1.29 is 4.79 Å². The zero-order valence-corrected chi connectivity index (χ0v) is 11.6. The molecule has 1 N–H and O–H groups in total. The van der Waals surface area contributed by atoms with Crippen LogP contribution in [0.15, 0.2) is 0 Å². The molecule has 102 valence electrons. The highest BCUT2D eigenvalue weighted by molar-refractivity contribution is 5.84. The van der Waals surface area contributed by atoms with Gasteiger partial charge in [-0.2, -0.15) is 0 Å². The van der Waals surface area contributed by atoms with E-state index in [4.69, 9.17) is 0 Å². The molecule has 3 nitrogen and oxygen atoms in total. The van der Waals surface area contributed by atoms with Crippen molar-refractivity contribution in [1.82, 2.24) is 10.2 Å². The van der Waals surface area contributed by atoms with Crippen molar-refractivity contribution in [2.45, 2.75) is 70.4 Å². The lowest BCUT2D eigenvalue weighted by molar-refractivity contribution is -0.130. The van der Waals surface area contributed by atoms with Crippen LogP contribution in [0.5, 0.6) is 0 Å². The van der Waals surface area contributed by atoms with E-state index in [1.165, 1.54) is 44.9 Å². The van der Waals surface area contributed by atoms with Gasteiger partial charge in [-0.3, -0.25) is 4.79 Å². The molecule has 0 aromatic heterocycles. The lowest BCUT2D eigenvalue weighted by Gasteiger charge is -2.32. The Labute approximate surface area is 110 Å². The van der Waals surface area contributed by atoms with Crippen LogP contribution in [-0.2, 0) is 4.79 Å². The summed E-state index contributed by atoms with van der Waals surface area (Å²) in [6.45, 7) is 4.29. The van der Waals surface area contributed by atoms with E-state index in [9.17, 15) is 4.79 Å². The molecule has 1 aliphatic heterocycles. The first-order valence-corrected chi connectivity index (χ1v) is 7.77. The number of hydrogen-bond acceptors (Lipinski definition) is 2. The van der Waals surface area contributed by atoms with E-state index in [0.717, 1.165) is 19.5 Å². The highest BCUT2D eigenvalue weighted by Gasteiger charge is 2.40. The van der Waals surface area contributed by atoms with Crippen molar-refractivity contribution in [1.29, 1.82) is 0 Å². The smallest absolute Gasteiger partial charge is 0.239 e. The van der Waals surface area contributed by atoms with Gasteiger partial charge in [0.05, 0.1) is 6.04 Å². The molecule has 2 aliphatic carbocycles. The fourth-order valence-corrected chi connectivity index (χ4v) is 3.74. The molecule has 3 fully saturated rings. The topological polar surface area (TPSA) is 32.3 Å². The number of carbonyl (C=O) groups is 1. The van der Waals surface area contributed by atoms with Crippen LogP contribution in [0.4, 0.5) is 0 Å². The zero-order chi connectivity index (χ0) is 12.6. The Kier molecular flexibility index (Phi) is 3.35. The summed E-state index contributed by atoms with van der Waals surface area (Å²) in [5.74, 6) is 0.377. The number of amides is 1. The van der Waals surface area contributed by atoms with Crippen molar-refractivity contribution in [3.63, 3.8) is 0 Å². The van der Waals surface area contributed by atoms with E-state index < -0.39 is 0 Å². The van der Waals surface area contributed by atoms with Gasteiger partial charge in [-0.05, 0) is 43.9 Å². The minimum atomic E-state index is 0.132. The van der Waals surface area contributed by atoms with Gasteiger partial charge in [-0.1, -0.05) is 19.8 Å². The third kappa shape index (κ3) is 2.42. The Morgan fingerprint density at radius 2 is 2.00 bits per heavy atom. The van der Waals surface area contributed by atoms with E-state index in [2.05, 4.69) is 17.1 Å². The molecule has 3 rings (SSSR count). The van der Waals surface area contributed by atoms with E-state index in [0.29, 0.717) is 17.4 Å². The van der Waals surface area contributed by atoms with Crippen LogP contribution in [0.1, 0.15) is 58.3 Å². The molecule has 1 amide bonds. The van der Waals surface area contributed by atoms with Crippen molar-refractivity contribution in [3.05, 3.63) is 0 Å². The maximum atomic E-state index is 12.4. The van der Waals surface area contributed by atoms with E-state index in [-0.39, 0.29) is 6.04 Å². The second kappa shape index (κ2) is 4.84. The summed E-state index contributed by atoms with van der Waals surface area (Å²) >= 11 is 0. The molecule has 1 atom stereocenters. The Hall–Kier alpha value is -0.570. The second-order valence-electron chi connectivity index (χ2n) is 6.60. The van der Waals surface area contributed by atoms with Crippen molar-refractivity contribution in [2.24, 2.45) is 5.41 Å². The Bertz CT molecular complexity index is 318. The average Bonchev–Trinajstić information content (AvgIpc) is 2.98. The molecule has 0 aromatic carbocycles. The fraction of sp³-hybridized carbons (Fsp3) is 0.933. The van der Waals surface area contributed by atoms with Gasteiger partial charge in [-0.15, -0.1) is 0 Å². The molecule has 0 radical (unpaired) electrons. The molecule has 0 spiro atoms. The van der Waals surface area contributed by atoms with Crippen LogP contribution in [0.3, 0.4) is 0 Å². The normalized spacial score (nSPS) is 31.3. The molecular weight excluding hydrogens is 224 g/mol. The zero-order valence-electron chi connectivity index (χ0n) is 11.6. The first kappa shape index (κ1) is 12.5. The highest BCUT2D eigenvalue weighted by atomic mass is 16.2. The maximum absolute atomic E-state index is 12.4. The summed E-state index contributed by atoms with van der Waals surface area (Å²) in [6.07, 6.45) is 10.2. The largest absolute Gasteiger partial charge is 0.341 e. The van der Waals surface area contributed by atoms with Gasteiger partial charge < -0.3 is 10.2 Å². The number of rotatable bonds is 5. The van der Waals surface area contributed by atoms with Crippen LogP contribution in [-0.4, -0.2) is 36.0 Å². The van der Waals surface area contributed by atoms with Gasteiger partial charge in [0.25, 0.3) is 0 Å². The summed E-state index contributed by atoms with van der Waals surface area (Å²) in [5, 5.41) is 3.50. The summed E-state index contributed by atoms with van der Waals surface area (Å²) in [4.78, 5) is 14.5. The molecule has 0 aromatic rings. The minimum absolute atomic E-state index is 0.132. The van der Waals surface area contributed by atoms with Crippen LogP contribution >= 0.6 is 0 Å². The van der Waals surface area contributed by atoms with E-state index in [1.54, 1.807) is 0 Å². The summed E-state index contributed by atoms with van der Waals surface area (Å²) in [5.41, 5.74) is 0.449. The number of carbonyl (C=O) groups excluding carboxylic acids is 1. The summed E-state index contributed by atoms with van der Waals surface area (Å²) in [7, 11) is 0. The van der Waals surface area contributed by atoms with E-state index in [1.807, 2.05) is 0 Å². The molecule has 1 saturated heterocycles. The van der Waals surface area contributed by atoms with Gasteiger partial charge in [0.15, 0.2) is 0 Å². The predicted molar refractivity (Wildman–Crippen MR) is 72.3 cm³/mol. The molecule has 18 heavy (non-hydrogen) atoms. The lowest BCUT2D eigenvalue weighted by Crippen LogP contribution is -2.43. The fourth-order valence-electron chi connectivity index (χ4n) is 3.74. The molecule has 2 saturated carbocycles. The van der Waals surface area contributed by atoms with Gasteiger partial charge >= 0.3 is 0 Å². The third-order valence-electron chi connectivity index (χ3n) is 5.25. The molecular formula is C15H26N2O. The quantitative estimate of drug-likeness (QED) is 0.812. The first-order chi connectivity index (χ1) is 8.72. The van der Waals surface area contributed by atoms with Crippen molar-refractivity contribution in [2.75, 3.05) is 13.1 Å². The number of likely N-dealkylation sites (tertiary alicyclic amines) is 1. The summed E-state index contributed by atoms with van der Waals surface area (Å²) in [6, 6.07) is 0.776. The molecule has 0 bridgehead atoms. The van der Waals surface area contributed by atoms with Crippen molar-refractivity contribution in [3.8, 4) is 0 Å². The molecule has 3 heteroatoms. The highest BCUT2D eigenvalue weighted by Crippen LogP contribution is 2.42. The van der Waals surface area contributed by atoms with Gasteiger partial charge in [0, 0.05) is 19.1 Å². The van der Waals surface area contributed by atoms with Crippen LogP contribution < -0.4 is 5.32 Å². The number of nitrogens with zero attached hydrogens (tertiary/aromatic N) is 1.